The molecular weight excluding hydrogens is 446 g/mol. The van der Waals surface area contributed by atoms with Crippen molar-refractivity contribution in [2.24, 2.45) is 5.10 Å². The van der Waals surface area contributed by atoms with Gasteiger partial charge in [0.1, 0.15) is 5.75 Å². The number of nitrogens with one attached hydrogen (secondary N) is 1. The van der Waals surface area contributed by atoms with Gasteiger partial charge in [0.05, 0.1) is 18.2 Å². The zero-order valence-electron chi connectivity index (χ0n) is 15.8. The van der Waals surface area contributed by atoms with Crippen LogP contribution in [0.25, 0.3) is 0 Å². The number of carbonyl (C=O) groups is 1. The van der Waals surface area contributed by atoms with E-state index in [1.165, 1.54) is 34.8 Å². The van der Waals surface area contributed by atoms with Crippen LogP contribution in [0.3, 0.4) is 0 Å². The predicted octanol–water partition coefficient (Wildman–Crippen LogP) is 3.25. The average Bonchev–Trinajstić information content (AvgIpc) is 2.69. The number of sulfonamides is 1. The lowest BCUT2D eigenvalue weighted by Crippen LogP contribution is -2.30. The number of benzene rings is 2. The first kappa shape index (κ1) is 22.1. The normalized spacial score (nSPS) is 11.8. The van der Waals surface area contributed by atoms with Crippen LogP contribution in [0.1, 0.15) is 29.8 Å². The van der Waals surface area contributed by atoms with Gasteiger partial charge in [-0.1, -0.05) is 35.8 Å². The SMILES string of the molecule is CCN(CC)S(=O)(=O)c1cccc(C(=O)NN=Cc2cc(Br)ccc2OC)c1. The lowest BCUT2D eigenvalue weighted by Gasteiger charge is -2.18. The van der Waals surface area contributed by atoms with E-state index in [1.54, 1.807) is 33.1 Å². The maximum Gasteiger partial charge on any atom is 0.271 e. The van der Waals surface area contributed by atoms with E-state index in [2.05, 4.69) is 26.5 Å². The van der Waals surface area contributed by atoms with Crippen molar-refractivity contribution in [3.63, 3.8) is 0 Å². The second kappa shape index (κ2) is 9.81. The number of ether oxygens (including phenoxy) is 1. The van der Waals surface area contributed by atoms with E-state index in [0.29, 0.717) is 24.4 Å². The van der Waals surface area contributed by atoms with E-state index < -0.39 is 15.9 Å². The van der Waals surface area contributed by atoms with Gasteiger partial charge in [-0.2, -0.15) is 9.41 Å². The molecule has 0 unspecified atom stereocenters. The molecule has 1 amide bonds. The van der Waals surface area contributed by atoms with Crippen LogP contribution in [0.5, 0.6) is 5.75 Å². The molecule has 0 aliphatic rings. The van der Waals surface area contributed by atoms with Gasteiger partial charge in [0, 0.05) is 28.7 Å². The summed E-state index contributed by atoms with van der Waals surface area (Å²) in [5.41, 5.74) is 3.28. The second-order valence-electron chi connectivity index (χ2n) is 5.70. The summed E-state index contributed by atoms with van der Waals surface area (Å²) >= 11 is 3.37. The number of hydrogen-bond acceptors (Lipinski definition) is 5. The first-order valence-corrected chi connectivity index (χ1v) is 10.8. The molecule has 0 aliphatic carbocycles. The lowest BCUT2D eigenvalue weighted by molar-refractivity contribution is 0.0955. The first-order chi connectivity index (χ1) is 13.3. The number of methoxy groups -OCH3 is 1. The summed E-state index contributed by atoms with van der Waals surface area (Å²) in [5.74, 6) is 0.0929. The van der Waals surface area contributed by atoms with Crippen molar-refractivity contribution in [1.29, 1.82) is 0 Å². The van der Waals surface area contributed by atoms with E-state index in [1.807, 2.05) is 6.07 Å². The number of hydrogen-bond donors (Lipinski definition) is 1. The van der Waals surface area contributed by atoms with Crippen molar-refractivity contribution in [1.82, 2.24) is 9.73 Å². The van der Waals surface area contributed by atoms with Crippen molar-refractivity contribution in [3.8, 4) is 5.75 Å². The van der Waals surface area contributed by atoms with Crippen LogP contribution in [0.15, 0.2) is 56.9 Å². The molecule has 1 N–H and O–H groups in total. The van der Waals surface area contributed by atoms with Crippen LogP contribution < -0.4 is 10.2 Å². The third-order valence-corrected chi connectivity index (χ3v) is 6.54. The largest absolute Gasteiger partial charge is 0.496 e. The molecule has 0 atom stereocenters. The van der Waals surface area contributed by atoms with Crippen molar-refractivity contribution in [3.05, 3.63) is 58.1 Å². The fraction of sp³-hybridized carbons (Fsp3) is 0.263. The number of carbonyl (C=O) groups excluding carboxylic acids is 1. The summed E-state index contributed by atoms with van der Waals surface area (Å²) in [6, 6.07) is 11.3. The van der Waals surface area contributed by atoms with Gasteiger partial charge in [0.15, 0.2) is 0 Å². The molecule has 0 aromatic heterocycles. The molecule has 0 fully saturated rings. The van der Waals surface area contributed by atoms with Crippen molar-refractivity contribution in [2.75, 3.05) is 20.2 Å². The van der Waals surface area contributed by atoms with Crippen LogP contribution in [-0.2, 0) is 10.0 Å². The molecule has 9 heteroatoms. The zero-order valence-corrected chi connectivity index (χ0v) is 18.2. The number of amides is 1. The molecule has 150 valence electrons. The number of rotatable bonds is 8. The maximum absolute atomic E-state index is 12.6. The fourth-order valence-corrected chi connectivity index (χ4v) is 4.42. The zero-order chi connectivity index (χ0) is 20.7. The van der Waals surface area contributed by atoms with Gasteiger partial charge in [-0.15, -0.1) is 0 Å². The van der Waals surface area contributed by atoms with Crippen LogP contribution in [-0.4, -0.2) is 45.0 Å². The molecule has 7 nitrogen and oxygen atoms in total. The Morgan fingerprint density at radius 3 is 2.57 bits per heavy atom. The summed E-state index contributed by atoms with van der Waals surface area (Å²) < 4.78 is 32.7. The molecule has 0 bridgehead atoms. The van der Waals surface area contributed by atoms with Gasteiger partial charge in [-0.25, -0.2) is 13.8 Å². The van der Waals surface area contributed by atoms with Crippen molar-refractivity contribution >= 4 is 38.1 Å². The molecule has 2 aromatic carbocycles. The van der Waals surface area contributed by atoms with Gasteiger partial charge in [-0.05, 0) is 36.4 Å². The second-order valence-corrected chi connectivity index (χ2v) is 8.56. The Labute approximate surface area is 173 Å². The summed E-state index contributed by atoms with van der Waals surface area (Å²) in [4.78, 5) is 12.4. The molecule has 28 heavy (non-hydrogen) atoms. The summed E-state index contributed by atoms with van der Waals surface area (Å²) in [6.07, 6.45) is 1.46. The van der Waals surface area contributed by atoms with Gasteiger partial charge in [0.2, 0.25) is 10.0 Å². The third kappa shape index (κ3) is 5.18. The summed E-state index contributed by atoms with van der Waals surface area (Å²) in [5, 5.41) is 3.94. The van der Waals surface area contributed by atoms with Crippen LogP contribution >= 0.6 is 15.9 Å². The topological polar surface area (TPSA) is 88.1 Å². The number of halogens is 1. The van der Waals surface area contributed by atoms with Gasteiger partial charge in [-0.3, -0.25) is 4.79 Å². The Morgan fingerprint density at radius 1 is 1.21 bits per heavy atom. The van der Waals surface area contributed by atoms with Crippen LogP contribution in [0.4, 0.5) is 0 Å². The van der Waals surface area contributed by atoms with Crippen LogP contribution in [0, 0.1) is 0 Å². The van der Waals surface area contributed by atoms with E-state index in [4.69, 9.17) is 4.74 Å². The molecule has 0 radical (unpaired) electrons. The Balaban J connectivity index is 2.19. The quantitative estimate of drug-likeness (QED) is 0.476. The van der Waals surface area contributed by atoms with E-state index >= 15 is 0 Å². The van der Waals surface area contributed by atoms with Gasteiger partial charge in [0.25, 0.3) is 5.91 Å². The molecule has 0 saturated heterocycles. The Hall–Kier alpha value is -2.23. The van der Waals surface area contributed by atoms with E-state index in [9.17, 15) is 13.2 Å². The monoisotopic (exact) mass is 467 g/mol. The first-order valence-electron chi connectivity index (χ1n) is 8.60. The van der Waals surface area contributed by atoms with E-state index in [-0.39, 0.29) is 10.5 Å². The highest BCUT2D eigenvalue weighted by atomic mass is 79.9. The van der Waals surface area contributed by atoms with Crippen molar-refractivity contribution < 1.29 is 17.9 Å². The lowest BCUT2D eigenvalue weighted by atomic mass is 10.2. The minimum Gasteiger partial charge on any atom is -0.496 e. The average molecular weight is 468 g/mol. The molecular formula is C19H22BrN3O4S. The predicted molar refractivity (Wildman–Crippen MR) is 112 cm³/mol. The molecule has 2 aromatic rings. The highest BCUT2D eigenvalue weighted by Crippen LogP contribution is 2.21. The number of hydrazone groups is 1. The maximum atomic E-state index is 12.6. The minimum atomic E-state index is -3.64. The Bertz CT molecular complexity index is 973. The fourth-order valence-electron chi connectivity index (χ4n) is 2.54. The standard InChI is InChI=1S/C19H22BrN3O4S/c1-4-23(5-2)28(25,26)17-8-6-7-14(12-17)19(24)22-21-13-15-11-16(20)9-10-18(15)27-3/h6-13H,4-5H2,1-3H3,(H,22,24). The highest BCUT2D eigenvalue weighted by Gasteiger charge is 2.22. The Morgan fingerprint density at radius 2 is 1.93 bits per heavy atom. The summed E-state index contributed by atoms with van der Waals surface area (Å²) in [6.45, 7) is 4.24. The molecule has 2 rings (SSSR count). The summed E-state index contributed by atoms with van der Waals surface area (Å²) in [7, 11) is -2.10. The van der Waals surface area contributed by atoms with Crippen molar-refractivity contribution in [2.45, 2.75) is 18.7 Å². The smallest absolute Gasteiger partial charge is 0.271 e. The highest BCUT2D eigenvalue weighted by molar-refractivity contribution is 9.10. The molecule has 0 spiro atoms. The number of nitrogens with zero attached hydrogens (tertiary/aromatic N) is 2. The van der Waals surface area contributed by atoms with Gasteiger partial charge >= 0.3 is 0 Å². The van der Waals surface area contributed by atoms with Crippen LogP contribution in [0.2, 0.25) is 0 Å². The minimum absolute atomic E-state index is 0.0708. The Kier molecular flexibility index (Phi) is 7.73. The van der Waals surface area contributed by atoms with Gasteiger partial charge < -0.3 is 4.74 Å². The third-order valence-electron chi connectivity index (χ3n) is 4.00. The van der Waals surface area contributed by atoms with E-state index in [0.717, 1.165) is 4.47 Å². The molecule has 0 heterocycles. The molecule has 0 aliphatic heterocycles. The molecule has 0 saturated carbocycles.